The first-order valence-electron chi connectivity index (χ1n) is 6.30. The van der Waals surface area contributed by atoms with Crippen molar-refractivity contribution in [1.82, 2.24) is 9.36 Å². The normalized spacial score (nSPS) is 11.1. The number of aryl methyl sites for hydroxylation is 2. The van der Waals surface area contributed by atoms with E-state index >= 15 is 0 Å². The smallest absolute Gasteiger partial charge is 0.202 e. The largest absolute Gasteiger partial charge is 0.356 e. The van der Waals surface area contributed by atoms with Crippen LogP contribution < -0.4 is 5.32 Å². The summed E-state index contributed by atoms with van der Waals surface area (Å²) >= 11 is 1.36. The minimum Gasteiger partial charge on any atom is -0.356 e. The van der Waals surface area contributed by atoms with Crippen LogP contribution in [-0.2, 0) is 6.54 Å². The summed E-state index contributed by atoms with van der Waals surface area (Å²) < 4.78 is 17.8. The van der Waals surface area contributed by atoms with Gasteiger partial charge in [0.25, 0.3) is 0 Å². The van der Waals surface area contributed by atoms with Crippen molar-refractivity contribution in [2.45, 2.75) is 40.2 Å². The van der Waals surface area contributed by atoms with Gasteiger partial charge in [-0.1, -0.05) is 26.0 Å². The summed E-state index contributed by atoms with van der Waals surface area (Å²) in [6, 6.07) is 3.72. The van der Waals surface area contributed by atoms with Crippen molar-refractivity contribution in [2.75, 3.05) is 5.32 Å². The second-order valence-corrected chi connectivity index (χ2v) is 5.76. The molecular weight excluding hydrogens is 261 g/mol. The molecule has 3 nitrogen and oxygen atoms in total. The first-order chi connectivity index (χ1) is 8.97. The van der Waals surface area contributed by atoms with Crippen molar-refractivity contribution in [2.24, 2.45) is 0 Å². The quantitative estimate of drug-likeness (QED) is 0.918. The summed E-state index contributed by atoms with van der Waals surface area (Å²) in [5.74, 6) is 1.07. The zero-order valence-electron chi connectivity index (χ0n) is 11.6. The first kappa shape index (κ1) is 13.9. The Balaban J connectivity index is 2.06. The zero-order valence-corrected chi connectivity index (χ0v) is 12.4. The number of aromatic nitrogens is 2. The number of benzene rings is 1. The van der Waals surface area contributed by atoms with Gasteiger partial charge in [0.15, 0.2) is 0 Å². The lowest BCUT2D eigenvalue weighted by Crippen LogP contribution is -2.01. The maximum Gasteiger partial charge on any atom is 0.202 e. The Morgan fingerprint density at radius 3 is 2.42 bits per heavy atom. The number of hydrogen-bond acceptors (Lipinski definition) is 4. The van der Waals surface area contributed by atoms with Gasteiger partial charge in [0.2, 0.25) is 5.13 Å². The van der Waals surface area contributed by atoms with E-state index in [1.165, 1.54) is 11.5 Å². The number of anilines is 1. The molecule has 1 heterocycles. The molecule has 1 aromatic heterocycles. The Bertz CT molecular complexity index is 555. The number of hydrogen-bond donors (Lipinski definition) is 1. The SMILES string of the molecule is Cc1cc(CNc2nc(C(C)C)ns2)cc(C)c1F. The van der Waals surface area contributed by atoms with Crippen molar-refractivity contribution in [3.8, 4) is 0 Å². The van der Waals surface area contributed by atoms with Gasteiger partial charge in [-0.05, 0) is 30.5 Å². The van der Waals surface area contributed by atoms with E-state index in [9.17, 15) is 4.39 Å². The van der Waals surface area contributed by atoms with Gasteiger partial charge in [0.1, 0.15) is 11.6 Å². The van der Waals surface area contributed by atoms with Crippen LogP contribution in [0, 0.1) is 19.7 Å². The van der Waals surface area contributed by atoms with Crippen molar-refractivity contribution in [1.29, 1.82) is 0 Å². The van der Waals surface area contributed by atoms with Gasteiger partial charge >= 0.3 is 0 Å². The van der Waals surface area contributed by atoms with Gasteiger partial charge in [-0.15, -0.1) is 0 Å². The van der Waals surface area contributed by atoms with Gasteiger partial charge in [-0.25, -0.2) is 9.37 Å². The van der Waals surface area contributed by atoms with Gasteiger partial charge in [-0.3, -0.25) is 0 Å². The molecule has 0 aliphatic heterocycles. The molecule has 1 aromatic carbocycles. The second kappa shape index (κ2) is 5.65. The molecule has 0 fully saturated rings. The molecule has 0 atom stereocenters. The average molecular weight is 279 g/mol. The molecule has 0 radical (unpaired) electrons. The fraction of sp³-hybridized carbons (Fsp3) is 0.429. The third-order valence-electron chi connectivity index (χ3n) is 2.90. The Morgan fingerprint density at radius 2 is 1.89 bits per heavy atom. The lowest BCUT2D eigenvalue weighted by Gasteiger charge is -2.07. The highest BCUT2D eigenvalue weighted by Crippen LogP contribution is 2.19. The lowest BCUT2D eigenvalue weighted by molar-refractivity contribution is 0.608. The molecule has 0 aliphatic carbocycles. The molecule has 0 bridgehead atoms. The molecule has 0 saturated heterocycles. The molecule has 0 saturated carbocycles. The van der Waals surface area contributed by atoms with E-state index in [1.54, 1.807) is 13.8 Å². The molecule has 5 heteroatoms. The minimum atomic E-state index is -0.123. The van der Waals surface area contributed by atoms with Crippen LogP contribution in [-0.4, -0.2) is 9.36 Å². The van der Waals surface area contributed by atoms with Crippen LogP contribution in [0.1, 0.15) is 42.3 Å². The van der Waals surface area contributed by atoms with Crippen molar-refractivity contribution in [3.63, 3.8) is 0 Å². The van der Waals surface area contributed by atoms with E-state index in [1.807, 2.05) is 12.1 Å². The van der Waals surface area contributed by atoms with Gasteiger partial charge < -0.3 is 5.32 Å². The van der Waals surface area contributed by atoms with Gasteiger partial charge in [0, 0.05) is 24.0 Å². The number of halogens is 1. The Labute approximate surface area is 117 Å². The predicted octanol–water partition coefficient (Wildman–Crippen LogP) is 4.03. The molecule has 2 rings (SSSR count). The van der Waals surface area contributed by atoms with Gasteiger partial charge in [-0.2, -0.15) is 4.37 Å². The molecule has 0 unspecified atom stereocenters. The summed E-state index contributed by atoms with van der Waals surface area (Å²) in [6.07, 6.45) is 0. The molecule has 0 spiro atoms. The number of rotatable bonds is 4. The standard InChI is InChI=1S/C14H18FN3S/c1-8(2)13-17-14(19-18-13)16-7-11-5-9(3)12(15)10(4)6-11/h5-6,8H,7H2,1-4H3,(H,16,17,18). The van der Waals surface area contributed by atoms with Crippen LogP contribution in [0.25, 0.3) is 0 Å². The van der Waals surface area contributed by atoms with Crippen LogP contribution in [0.3, 0.4) is 0 Å². The van der Waals surface area contributed by atoms with Crippen molar-refractivity contribution in [3.05, 3.63) is 40.5 Å². The van der Waals surface area contributed by atoms with Crippen molar-refractivity contribution >= 4 is 16.7 Å². The highest BCUT2D eigenvalue weighted by Gasteiger charge is 2.08. The zero-order chi connectivity index (χ0) is 14.0. The van der Waals surface area contributed by atoms with Crippen LogP contribution in [0.2, 0.25) is 0 Å². The van der Waals surface area contributed by atoms with E-state index in [2.05, 4.69) is 28.5 Å². The highest BCUT2D eigenvalue weighted by atomic mass is 32.1. The summed E-state index contributed by atoms with van der Waals surface area (Å²) in [5.41, 5.74) is 2.41. The fourth-order valence-electron chi connectivity index (χ4n) is 1.86. The number of nitrogens with zero attached hydrogens (tertiary/aromatic N) is 2. The molecular formula is C14H18FN3S. The highest BCUT2D eigenvalue weighted by molar-refractivity contribution is 7.09. The minimum absolute atomic E-state index is 0.123. The van der Waals surface area contributed by atoms with Crippen LogP contribution in [0.4, 0.5) is 9.52 Å². The summed E-state index contributed by atoms with van der Waals surface area (Å²) in [4.78, 5) is 4.41. The molecule has 0 amide bonds. The Morgan fingerprint density at radius 1 is 1.26 bits per heavy atom. The second-order valence-electron chi connectivity index (χ2n) is 5.01. The van der Waals surface area contributed by atoms with E-state index in [0.717, 1.165) is 16.5 Å². The molecule has 0 aliphatic rings. The number of nitrogens with one attached hydrogen (secondary N) is 1. The average Bonchev–Trinajstić information content (AvgIpc) is 2.82. The fourth-order valence-corrected chi connectivity index (χ4v) is 2.56. The van der Waals surface area contributed by atoms with Crippen LogP contribution >= 0.6 is 11.5 Å². The predicted molar refractivity (Wildman–Crippen MR) is 77.2 cm³/mol. The maximum atomic E-state index is 13.5. The topological polar surface area (TPSA) is 37.8 Å². The first-order valence-corrected chi connectivity index (χ1v) is 7.08. The molecule has 102 valence electrons. The maximum absolute atomic E-state index is 13.5. The van der Waals surface area contributed by atoms with E-state index in [0.29, 0.717) is 23.6 Å². The molecule has 1 N–H and O–H groups in total. The van der Waals surface area contributed by atoms with Gasteiger partial charge in [0.05, 0.1) is 0 Å². The van der Waals surface area contributed by atoms with E-state index in [4.69, 9.17) is 0 Å². The Kier molecular flexibility index (Phi) is 4.14. The summed E-state index contributed by atoms with van der Waals surface area (Å²) in [7, 11) is 0. The summed E-state index contributed by atoms with van der Waals surface area (Å²) in [6.45, 7) is 8.34. The van der Waals surface area contributed by atoms with Crippen molar-refractivity contribution < 1.29 is 4.39 Å². The monoisotopic (exact) mass is 279 g/mol. The van der Waals surface area contributed by atoms with Crippen LogP contribution in [0.5, 0.6) is 0 Å². The third kappa shape index (κ3) is 3.29. The van der Waals surface area contributed by atoms with E-state index in [-0.39, 0.29) is 5.82 Å². The van der Waals surface area contributed by atoms with E-state index < -0.39 is 0 Å². The molecule has 19 heavy (non-hydrogen) atoms. The lowest BCUT2D eigenvalue weighted by atomic mass is 10.1. The molecule has 2 aromatic rings. The Hall–Kier alpha value is -1.49. The summed E-state index contributed by atoms with van der Waals surface area (Å²) in [5, 5.41) is 4.04. The van der Waals surface area contributed by atoms with Crippen LogP contribution in [0.15, 0.2) is 12.1 Å². The third-order valence-corrected chi connectivity index (χ3v) is 3.59.